The van der Waals surface area contributed by atoms with Crippen molar-refractivity contribution in [3.63, 3.8) is 0 Å². The molecule has 4 rings (SSSR count). The zero-order chi connectivity index (χ0) is 23.0. The van der Waals surface area contributed by atoms with Crippen molar-refractivity contribution in [2.45, 2.75) is 13.1 Å². The minimum Gasteiger partial charge on any atom is -0.504 e. The van der Waals surface area contributed by atoms with Crippen LogP contribution in [0.5, 0.6) is 11.5 Å². The summed E-state index contributed by atoms with van der Waals surface area (Å²) in [4.78, 5) is 19.4. The van der Waals surface area contributed by atoms with Crippen LogP contribution in [0, 0.1) is 0 Å². The van der Waals surface area contributed by atoms with Gasteiger partial charge in [-0.15, -0.1) is 0 Å². The Bertz CT molecular complexity index is 1090. The highest BCUT2D eigenvalue weighted by atomic mass is 16.5. The molecule has 0 bridgehead atoms. The minimum atomic E-state index is -0.181. The molecule has 1 saturated heterocycles. The van der Waals surface area contributed by atoms with Crippen molar-refractivity contribution in [2.75, 3.05) is 43.6 Å². The van der Waals surface area contributed by atoms with Gasteiger partial charge < -0.3 is 30.1 Å². The number of phenols is 1. The van der Waals surface area contributed by atoms with Gasteiger partial charge in [-0.3, -0.25) is 9.78 Å². The van der Waals surface area contributed by atoms with Crippen LogP contribution >= 0.6 is 0 Å². The van der Waals surface area contributed by atoms with Gasteiger partial charge in [0.05, 0.1) is 25.9 Å². The number of aromatic hydroxyl groups is 1. The summed E-state index contributed by atoms with van der Waals surface area (Å²) in [5, 5.41) is 16.4. The number of benzene rings is 2. The molecule has 3 N–H and O–H groups in total. The number of hydrogen-bond donors (Lipinski definition) is 3. The lowest BCUT2D eigenvalue weighted by Crippen LogP contribution is -2.38. The Kier molecular flexibility index (Phi) is 7.26. The van der Waals surface area contributed by atoms with Crippen LogP contribution in [0.25, 0.3) is 0 Å². The number of ether oxygens (including phenoxy) is 2. The van der Waals surface area contributed by atoms with Gasteiger partial charge in [-0.2, -0.15) is 0 Å². The lowest BCUT2D eigenvalue weighted by molar-refractivity contribution is 0.0949. The van der Waals surface area contributed by atoms with Crippen molar-refractivity contribution in [3.05, 3.63) is 77.6 Å². The van der Waals surface area contributed by atoms with E-state index in [2.05, 4.69) is 20.5 Å². The van der Waals surface area contributed by atoms with Gasteiger partial charge in [-0.05, 0) is 53.6 Å². The number of amides is 1. The molecule has 3 aromatic rings. The highest BCUT2D eigenvalue weighted by Gasteiger charge is 2.19. The van der Waals surface area contributed by atoms with Gasteiger partial charge in [-0.25, -0.2) is 0 Å². The molecule has 33 heavy (non-hydrogen) atoms. The quantitative estimate of drug-likeness (QED) is 0.487. The Morgan fingerprint density at radius 2 is 1.85 bits per heavy atom. The van der Waals surface area contributed by atoms with Crippen LogP contribution in [0.3, 0.4) is 0 Å². The molecular formula is C25H28N4O4. The first kappa shape index (κ1) is 22.4. The first-order valence-corrected chi connectivity index (χ1v) is 10.9. The maximum atomic E-state index is 13.2. The maximum absolute atomic E-state index is 13.2. The SMILES string of the molecule is COc1ccc(CNC(=O)c2cc(NCc3ccncc3)ccc2N2CCOCC2)cc1O. The number of carbonyl (C=O) groups excluding carboxylic acids is 1. The Morgan fingerprint density at radius 3 is 2.58 bits per heavy atom. The van der Waals surface area contributed by atoms with E-state index in [1.807, 2.05) is 36.4 Å². The predicted octanol–water partition coefficient (Wildman–Crippen LogP) is 3.17. The molecule has 1 fully saturated rings. The lowest BCUT2D eigenvalue weighted by atomic mass is 10.1. The van der Waals surface area contributed by atoms with E-state index in [1.54, 1.807) is 24.5 Å². The average Bonchev–Trinajstić information content (AvgIpc) is 2.87. The third kappa shape index (κ3) is 5.72. The molecule has 1 aliphatic rings. The van der Waals surface area contributed by atoms with E-state index in [-0.39, 0.29) is 18.2 Å². The number of hydrogen-bond acceptors (Lipinski definition) is 7. The van der Waals surface area contributed by atoms with E-state index < -0.39 is 0 Å². The zero-order valence-electron chi connectivity index (χ0n) is 18.6. The van der Waals surface area contributed by atoms with Gasteiger partial charge >= 0.3 is 0 Å². The van der Waals surface area contributed by atoms with Crippen molar-refractivity contribution >= 4 is 17.3 Å². The van der Waals surface area contributed by atoms with E-state index in [9.17, 15) is 9.90 Å². The van der Waals surface area contributed by atoms with Crippen molar-refractivity contribution in [2.24, 2.45) is 0 Å². The smallest absolute Gasteiger partial charge is 0.253 e. The molecule has 8 nitrogen and oxygen atoms in total. The number of nitrogens with one attached hydrogen (secondary N) is 2. The third-order valence-corrected chi connectivity index (χ3v) is 5.54. The molecule has 0 saturated carbocycles. The van der Waals surface area contributed by atoms with E-state index >= 15 is 0 Å². The number of morpholine rings is 1. The van der Waals surface area contributed by atoms with Crippen LogP contribution in [-0.2, 0) is 17.8 Å². The molecule has 8 heteroatoms. The Hall–Kier alpha value is -3.78. The summed E-state index contributed by atoms with van der Waals surface area (Å²) in [5.41, 5.74) is 4.21. The standard InChI is InChI=1S/C25H28N4O4/c1-32-24-5-2-19(14-23(24)30)17-28-25(31)21-15-20(27-16-18-6-8-26-9-7-18)3-4-22(21)29-10-12-33-13-11-29/h2-9,14-15,27,30H,10-13,16-17H2,1H3,(H,28,31). The van der Waals surface area contributed by atoms with Crippen LogP contribution in [0.2, 0.25) is 0 Å². The highest BCUT2D eigenvalue weighted by Crippen LogP contribution is 2.28. The fraction of sp³-hybridized carbons (Fsp3) is 0.280. The van der Waals surface area contributed by atoms with E-state index in [4.69, 9.17) is 9.47 Å². The molecule has 0 aliphatic carbocycles. The normalized spacial score (nSPS) is 13.4. The second-order valence-corrected chi connectivity index (χ2v) is 7.73. The highest BCUT2D eigenvalue weighted by molar-refractivity contribution is 6.00. The van der Waals surface area contributed by atoms with E-state index in [0.29, 0.717) is 31.1 Å². The Morgan fingerprint density at radius 1 is 1.06 bits per heavy atom. The van der Waals surface area contributed by atoms with Gasteiger partial charge in [0.2, 0.25) is 0 Å². The van der Waals surface area contributed by atoms with Gasteiger partial charge in [-0.1, -0.05) is 6.07 Å². The van der Waals surface area contributed by atoms with Crippen molar-refractivity contribution < 1.29 is 19.4 Å². The molecule has 1 amide bonds. The van der Waals surface area contributed by atoms with Crippen molar-refractivity contribution in [1.82, 2.24) is 10.3 Å². The van der Waals surface area contributed by atoms with Gasteiger partial charge in [0.25, 0.3) is 5.91 Å². The Labute approximate surface area is 193 Å². The maximum Gasteiger partial charge on any atom is 0.253 e. The second kappa shape index (κ2) is 10.7. The number of phenolic OH excluding ortho intramolecular Hbond substituents is 1. The van der Waals surface area contributed by atoms with Crippen LogP contribution < -0.4 is 20.3 Å². The van der Waals surface area contributed by atoms with Crippen LogP contribution in [0.4, 0.5) is 11.4 Å². The molecule has 2 heterocycles. The number of pyridine rings is 1. The number of methoxy groups -OCH3 is 1. The minimum absolute atomic E-state index is 0.0422. The lowest BCUT2D eigenvalue weighted by Gasteiger charge is -2.30. The van der Waals surface area contributed by atoms with Gasteiger partial charge in [0, 0.05) is 49.9 Å². The van der Waals surface area contributed by atoms with Crippen LogP contribution in [0.1, 0.15) is 21.5 Å². The average molecular weight is 449 g/mol. The Balaban J connectivity index is 1.52. The topological polar surface area (TPSA) is 96.0 Å². The number of anilines is 2. The monoisotopic (exact) mass is 448 g/mol. The number of rotatable bonds is 8. The van der Waals surface area contributed by atoms with Gasteiger partial charge in [0.15, 0.2) is 11.5 Å². The number of nitrogens with zero attached hydrogens (tertiary/aromatic N) is 2. The molecule has 0 radical (unpaired) electrons. The summed E-state index contributed by atoms with van der Waals surface area (Å²) in [6.07, 6.45) is 3.52. The molecule has 0 unspecified atom stereocenters. The summed E-state index contributed by atoms with van der Waals surface area (Å²) in [5.74, 6) is 0.257. The third-order valence-electron chi connectivity index (χ3n) is 5.54. The van der Waals surface area contributed by atoms with Crippen molar-refractivity contribution in [1.29, 1.82) is 0 Å². The fourth-order valence-electron chi connectivity index (χ4n) is 3.74. The van der Waals surface area contributed by atoms with Gasteiger partial charge in [0.1, 0.15) is 0 Å². The molecule has 1 aromatic heterocycles. The van der Waals surface area contributed by atoms with Crippen LogP contribution in [-0.4, -0.2) is 49.4 Å². The summed E-state index contributed by atoms with van der Waals surface area (Å²) in [6, 6.07) is 14.8. The number of carbonyl (C=O) groups is 1. The molecule has 1 aliphatic heterocycles. The summed E-state index contributed by atoms with van der Waals surface area (Å²) >= 11 is 0. The summed E-state index contributed by atoms with van der Waals surface area (Å²) < 4.78 is 10.6. The summed E-state index contributed by atoms with van der Waals surface area (Å²) in [6.45, 7) is 3.65. The van der Waals surface area contributed by atoms with E-state index in [1.165, 1.54) is 7.11 Å². The first-order valence-electron chi connectivity index (χ1n) is 10.9. The molecular weight excluding hydrogens is 420 g/mol. The van der Waals surface area contributed by atoms with E-state index in [0.717, 1.165) is 35.6 Å². The molecule has 0 spiro atoms. The first-order chi connectivity index (χ1) is 16.1. The zero-order valence-corrected chi connectivity index (χ0v) is 18.6. The fourth-order valence-corrected chi connectivity index (χ4v) is 3.74. The molecule has 2 aromatic carbocycles. The molecule has 0 atom stereocenters. The predicted molar refractivity (Wildman–Crippen MR) is 127 cm³/mol. The second-order valence-electron chi connectivity index (χ2n) is 7.73. The summed E-state index contributed by atoms with van der Waals surface area (Å²) in [7, 11) is 1.50. The number of aromatic nitrogens is 1. The van der Waals surface area contributed by atoms with Crippen LogP contribution in [0.15, 0.2) is 60.9 Å². The van der Waals surface area contributed by atoms with Crippen molar-refractivity contribution in [3.8, 4) is 11.5 Å². The largest absolute Gasteiger partial charge is 0.504 e. The molecule has 172 valence electrons.